The molecule has 23 heavy (non-hydrogen) atoms. The number of nitrogens with one attached hydrogen (secondary N) is 2. The van der Waals surface area contributed by atoms with Crippen molar-refractivity contribution in [3.8, 4) is 0 Å². The number of hydroxylamine groups is 2. The maximum atomic E-state index is 12.3. The molecular formula is C15H27IN3O4. The van der Waals surface area contributed by atoms with Gasteiger partial charge in [0, 0.05) is 18.6 Å². The van der Waals surface area contributed by atoms with Gasteiger partial charge in [-0.2, -0.15) is 0 Å². The maximum absolute atomic E-state index is 12.3. The van der Waals surface area contributed by atoms with E-state index in [2.05, 4.69) is 10.6 Å². The number of carbonyl (C=O) groups is 2. The lowest BCUT2D eigenvalue weighted by Gasteiger charge is -2.33. The van der Waals surface area contributed by atoms with E-state index < -0.39 is 11.1 Å². The highest BCUT2D eigenvalue weighted by molar-refractivity contribution is 14.1. The van der Waals surface area contributed by atoms with Crippen molar-refractivity contribution >= 4 is 34.4 Å². The molecule has 1 unspecified atom stereocenters. The van der Waals surface area contributed by atoms with E-state index in [-0.39, 0.29) is 17.7 Å². The van der Waals surface area contributed by atoms with Crippen LogP contribution in [0, 0.1) is 5.92 Å². The average Bonchev–Trinajstić information content (AvgIpc) is 2.65. The standard InChI is InChI=1S/C15H27IN3O4/c1-14(2)9-11(15(3,4)19(14)22)13(21)18-6-8-23-7-5-17-12(20)10-16/h11H,5-10H2,1-4H3,(H,17,20)(H,18,21). The van der Waals surface area contributed by atoms with Gasteiger partial charge in [-0.05, 0) is 34.1 Å². The summed E-state index contributed by atoms with van der Waals surface area (Å²) in [5, 5.41) is 18.8. The van der Waals surface area contributed by atoms with Crippen LogP contribution in [0.1, 0.15) is 34.1 Å². The summed E-state index contributed by atoms with van der Waals surface area (Å²) < 4.78 is 5.78. The van der Waals surface area contributed by atoms with Crippen molar-refractivity contribution in [3.05, 3.63) is 0 Å². The van der Waals surface area contributed by atoms with Gasteiger partial charge in [0.1, 0.15) is 0 Å². The molecule has 8 heteroatoms. The van der Waals surface area contributed by atoms with Crippen molar-refractivity contribution in [1.82, 2.24) is 15.7 Å². The summed E-state index contributed by atoms with van der Waals surface area (Å²) in [6.45, 7) is 8.99. The molecule has 133 valence electrons. The Morgan fingerprint density at radius 3 is 2.22 bits per heavy atom. The summed E-state index contributed by atoms with van der Waals surface area (Å²) in [5.41, 5.74) is -1.24. The van der Waals surface area contributed by atoms with Crippen LogP contribution in [-0.2, 0) is 19.5 Å². The second-order valence-corrected chi connectivity index (χ2v) is 7.67. The molecule has 1 fully saturated rings. The van der Waals surface area contributed by atoms with E-state index in [1.54, 1.807) is 0 Å². The Hall–Kier alpha value is -0.450. The van der Waals surface area contributed by atoms with E-state index in [9.17, 15) is 14.8 Å². The van der Waals surface area contributed by atoms with Crippen LogP contribution in [0.3, 0.4) is 0 Å². The van der Waals surface area contributed by atoms with Crippen molar-refractivity contribution in [1.29, 1.82) is 0 Å². The zero-order valence-electron chi connectivity index (χ0n) is 14.3. The number of carbonyl (C=O) groups excluding carboxylic acids is 2. The van der Waals surface area contributed by atoms with Gasteiger partial charge in [0.25, 0.3) is 0 Å². The summed E-state index contributed by atoms with van der Waals surface area (Å²) >= 11 is 1.99. The third-order valence-corrected chi connectivity index (χ3v) is 4.87. The number of rotatable bonds is 8. The van der Waals surface area contributed by atoms with E-state index in [4.69, 9.17) is 4.74 Å². The average molecular weight is 440 g/mol. The molecule has 0 bridgehead atoms. The monoisotopic (exact) mass is 440 g/mol. The minimum atomic E-state index is -0.710. The first kappa shape index (κ1) is 20.6. The fraction of sp³-hybridized carbons (Fsp3) is 0.867. The molecule has 1 atom stereocenters. The van der Waals surface area contributed by atoms with E-state index in [1.807, 2.05) is 50.3 Å². The molecule has 0 aliphatic carbocycles. The maximum Gasteiger partial charge on any atom is 0.229 e. The van der Waals surface area contributed by atoms with Crippen LogP contribution in [0.25, 0.3) is 0 Å². The Morgan fingerprint density at radius 1 is 1.17 bits per heavy atom. The highest BCUT2D eigenvalue weighted by atomic mass is 127. The van der Waals surface area contributed by atoms with Crippen LogP contribution < -0.4 is 10.6 Å². The fourth-order valence-corrected chi connectivity index (χ4v) is 3.22. The zero-order chi connectivity index (χ0) is 17.7. The topological polar surface area (TPSA) is 90.6 Å². The van der Waals surface area contributed by atoms with Crippen LogP contribution >= 0.6 is 22.6 Å². The number of hydrogen-bond donors (Lipinski definition) is 2. The molecule has 2 amide bonds. The summed E-state index contributed by atoms with van der Waals surface area (Å²) in [4.78, 5) is 23.3. The van der Waals surface area contributed by atoms with Gasteiger partial charge < -0.3 is 15.4 Å². The molecule has 1 radical (unpaired) electrons. The first-order valence-corrected chi connectivity index (χ1v) is 9.31. The van der Waals surface area contributed by atoms with Crippen LogP contribution in [0.15, 0.2) is 0 Å². The van der Waals surface area contributed by atoms with Crippen LogP contribution in [0.5, 0.6) is 0 Å². The van der Waals surface area contributed by atoms with E-state index >= 15 is 0 Å². The Bertz CT molecular complexity index is 429. The third kappa shape index (κ3) is 5.54. The van der Waals surface area contributed by atoms with Gasteiger partial charge in [-0.3, -0.25) is 9.59 Å². The molecule has 7 nitrogen and oxygen atoms in total. The Morgan fingerprint density at radius 2 is 1.74 bits per heavy atom. The first-order valence-electron chi connectivity index (χ1n) is 7.78. The van der Waals surface area contributed by atoms with Gasteiger partial charge in [-0.15, -0.1) is 10.3 Å². The van der Waals surface area contributed by atoms with Gasteiger partial charge in [-0.1, -0.05) is 22.6 Å². The van der Waals surface area contributed by atoms with Crippen molar-refractivity contribution in [2.45, 2.75) is 45.2 Å². The summed E-state index contributed by atoms with van der Waals surface area (Å²) in [7, 11) is 0. The highest BCUT2D eigenvalue weighted by Crippen LogP contribution is 2.43. The Balaban J connectivity index is 2.26. The number of hydrogen-bond acceptors (Lipinski definition) is 4. The largest absolute Gasteiger partial charge is 0.378 e. The van der Waals surface area contributed by atoms with Gasteiger partial charge in [0.15, 0.2) is 0 Å². The first-order chi connectivity index (χ1) is 10.6. The number of nitrogens with zero attached hydrogens (tertiary/aromatic N) is 1. The van der Waals surface area contributed by atoms with E-state index in [0.717, 1.165) is 5.06 Å². The number of ether oxygens (including phenoxy) is 1. The summed E-state index contributed by atoms with van der Waals surface area (Å²) in [5.74, 6) is -0.461. The second-order valence-electron chi connectivity index (χ2n) is 6.90. The molecule has 1 heterocycles. The molecule has 0 spiro atoms. The lowest BCUT2D eigenvalue weighted by atomic mass is 9.86. The SMILES string of the molecule is CC1(C)CC(C(=O)NCCOCCNC(=O)CI)C(C)(C)N1[O]. The van der Waals surface area contributed by atoms with Gasteiger partial charge in [0.05, 0.1) is 29.1 Å². The Labute approximate surface area is 151 Å². The molecule has 0 aromatic rings. The Kier molecular flexibility index (Phi) is 7.69. The number of alkyl halides is 1. The third-order valence-electron chi connectivity index (χ3n) is 4.18. The predicted molar refractivity (Wildman–Crippen MR) is 94.5 cm³/mol. The molecule has 0 aromatic heterocycles. The van der Waals surface area contributed by atoms with Crippen LogP contribution in [-0.4, -0.2) is 58.7 Å². The van der Waals surface area contributed by atoms with Crippen molar-refractivity contribution in [2.24, 2.45) is 5.92 Å². The smallest absolute Gasteiger partial charge is 0.229 e. The molecule has 2 N–H and O–H groups in total. The predicted octanol–water partition coefficient (Wildman–Crippen LogP) is 0.895. The zero-order valence-corrected chi connectivity index (χ0v) is 16.4. The molecule has 0 saturated carbocycles. The minimum Gasteiger partial charge on any atom is -0.378 e. The number of halogens is 1. The number of amides is 2. The van der Waals surface area contributed by atoms with Gasteiger partial charge in [-0.25, -0.2) is 0 Å². The van der Waals surface area contributed by atoms with Crippen molar-refractivity contribution in [2.75, 3.05) is 30.7 Å². The molecular weight excluding hydrogens is 413 g/mol. The fourth-order valence-electron chi connectivity index (χ4n) is 2.95. The summed E-state index contributed by atoms with van der Waals surface area (Å²) in [6.07, 6.45) is 0.540. The lowest BCUT2D eigenvalue weighted by Crippen LogP contribution is -2.49. The van der Waals surface area contributed by atoms with E-state index in [0.29, 0.717) is 37.2 Å². The molecule has 1 rings (SSSR count). The second kappa shape index (κ2) is 8.59. The normalized spacial score (nSPS) is 22.8. The van der Waals surface area contributed by atoms with Gasteiger partial charge in [0.2, 0.25) is 11.8 Å². The van der Waals surface area contributed by atoms with Crippen molar-refractivity contribution < 1.29 is 19.5 Å². The molecule has 0 aromatic carbocycles. The molecule has 1 aliphatic heterocycles. The summed E-state index contributed by atoms with van der Waals surface area (Å²) in [6, 6.07) is 0. The van der Waals surface area contributed by atoms with Crippen LogP contribution in [0.2, 0.25) is 0 Å². The van der Waals surface area contributed by atoms with Gasteiger partial charge >= 0.3 is 0 Å². The van der Waals surface area contributed by atoms with Crippen LogP contribution in [0.4, 0.5) is 0 Å². The molecule has 1 aliphatic rings. The quantitative estimate of drug-likeness (QED) is 0.334. The minimum absolute atomic E-state index is 0.0178. The van der Waals surface area contributed by atoms with E-state index in [1.165, 1.54) is 0 Å². The highest BCUT2D eigenvalue weighted by Gasteiger charge is 2.55. The lowest BCUT2D eigenvalue weighted by molar-refractivity contribution is -0.247. The van der Waals surface area contributed by atoms with Crippen molar-refractivity contribution in [3.63, 3.8) is 0 Å². The molecule has 1 saturated heterocycles.